The van der Waals surface area contributed by atoms with Crippen LogP contribution in [0.1, 0.15) is 24.6 Å². The quantitative estimate of drug-likeness (QED) is 0.604. The van der Waals surface area contributed by atoms with Crippen molar-refractivity contribution < 1.29 is 4.74 Å². The number of ether oxygens (including phenoxy) is 1. The molecule has 0 spiro atoms. The van der Waals surface area contributed by atoms with E-state index in [1.54, 1.807) is 6.07 Å². The first-order valence-electron chi connectivity index (χ1n) is 9.55. The second-order valence-corrected chi connectivity index (χ2v) is 6.87. The molecule has 1 aromatic carbocycles. The van der Waals surface area contributed by atoms with Crippen LogP contribution in [0.2, 0.25) is 0 Å². The molecule has 2 aromatic heterocycles. The van der Waals surface area contributed by atoms with Gasteiger partial charge in [0.25, 0.3) is 0 Å². The predicted molar refractivity (Wildman–Crippen MR) is 113 cm³/mol. The highest BCUT2D eigenvalue weighted by Gasteiger charge is 2.13. The molecule has 0 bridgehead atoms. The molecule has 0 saturated heterocycles. The fraction of sp³-hybridized carbons (Fsp3) is 0.381. The van der Waals surface area contributed by atoms with Crippen molar-refractivity contribution in [3.63, 3.8) is 0 Å². The van der Waals surface area contributed by atoms with Crippen LogP contribution in [0.25, 0.3) is 11.4 Å². The first-order valence-corrected chi connectivity index (χ1v) is 9.55. The van der Waals surface area contributed by atoms with Crippen LogP contribution in [0.15, 0.2) is 36.4 Å². The molecule has 0 atom stereocenters. The molecule has 0 aliphatic heterocycles. The van der Waals surface area contributed by atoms with Gasteiger partial charge in [0.2, 0.25) is 5.95 Å². The standard InChI is InChI=1S/C21H28N6O/c1-5-16-13-18(27(4)25-16)17-14-20(22)24-21(23-17)26(3)11-8-12-28-19-10-7-6-9-15(19)2/h6-7,9-10,13-14H,5,8,11-12H2,1-4H3,(H2,22,23,24). The Morgan fingerprint density at radius 1 is 1.18 bits per heavy atom. The Labute approximate surface area is 166 Å². The number of nitrogens with two attached hydrogens (primary N) is 1. The summed E-state index contributed by atoms with van der Waals surface area (Å²) >= 11 is 0. The van der Waals surface area contributed by atoms with Crippen LogP contribution in [-0.2, 0) is 13.5 Å². The molecule has 0 unspecified atom stereocenters. The molecule has 0 saturated carbocycles. The number of anilines is 2. The number of hydrogen-bond acceptors (Lipinski definition) is 6. The fourth-order valence-electron chi connectivity index (χ4n) is 3.00. The summed E-state index contributed by atoms with van der Waals surface area (Å²) in [6.45, 7) is 5.52. The van der Waals surface area contributed by atoms with Gasteiger partial charge in [-0.15, -0.1) is 0 Å². The molecule has 0 aliphatic carbocycles. The zero-order valence-corrected chi connectivity index (χ0v) is 17.0. The van der Waals surface area contributed by atoms with E-state index in [4.69, 9.17) is 15.5 Å². The first kappa shape index (κ1) is 19.7. The lowest BCUT2D eigenvalue weighted by Crippen LogP contribution is -2.23. The van der Waals surface area contributed by atoms with Crippen molar-refractivity contribution in [3.05, 3.63) is 47.7 Å². The van der Waals surface area contributed by atoms with Gasteiger partial charge in [-0.05, 0) is 37.5 Å². The minimum Gasteiger partial charge on any atom is -0.493 e. The Hall–Kier alpha value is -3.09. The second kappa shape index (κ2) is 8.73. The Morgan fingerprint density at radius 2 is 1.96 bits per heavy atom. The minimum absolute atomic E-state index is 0.447. The molecule has 0 radical (unpaired) electrons. The van der Waals surface area contributed by atoms with Crippen LogP contribution in [0.5, 0.6) is 5.75 Å². The third-order valence-electron chi connectivity index (χ3n) is 4.62. The van der Waals surface area contributed by atoms with E-state index in [1.807, 2.05) is 60.9 Å². The number of nitrogen functional groups attached to an aromatic ring is 1. The van der Waals surface area contributed by atoms with Gasteiger partial charge in [-0.2, -0.15) is 10.1 Å². The lowest BCUT2D eigenvalue weighted by molar-refractivity contribution is 0.310. The van der Waals surface area contributed by atoms with Crippen LogP contribution >= 0.6 is 0 Å². The summed E-state index contributed by atoms with van der Waals surface area (Å²) in [5.41, 5.74) is 9.92. The third-order valence-corrected chi connectivity index (χ3v) is 4.62. The van der Waals surface area contributed by atoms with E-state index in [2.05, 4.69) is 17.0 Å². The Balaban J connectivity index is 1.65. The summed E-state index contributed by atoms with van der Waals surface area (Å²) in [5, 5.41) is 4.49. The minimum atomic E-state index is 0.447. The molecule has 3 aromatic rings. The normalized spacial score (nSPS) is 10.9. The number of benzene rings is 1. The van der Waals surface area contributed by atoms with Crippen molar-refractivity contribution in [1.82, 2.24) is 19.7 Å². The highest BCUT2D eigenvalue weighted by Crippen LogP contribution is 2.22. The van der Waals surface area contributed by atoms with Gasteiger partial charge >= 0.3 is 0 Å². The number of rotatable bonds is 8. The highest BCUT2D eigenvalue weighted by atomic mass is 16.5. The summed E-state index contributed by atoms with van der Waals surface area (Å²) in [7, 11) is 3.88. The molecule has 28 heavy (non-hydrogen) atoms. The zero-order chi connectivity index (χ0) is 20.1. The topological polar surface area (TPSA) is 82.1 Å². The van der Waals surface area contributed by atoms with Crippen LogP contribution in [-0.4, -0.2) is 39.9 Å². The van der Waals surface area contributed by atoms with E-state index >= 15 is 0 Å². The third kappa shape index (κ3) is 4.60. The van der Waals surface area contributed by atoms with Gasteiger partial charge in [0.1, 0.15) is 11.6 Å². The molecule has 0 amide bonds. The predicted octanol–water partition coefficient (Wildman–Crippen LogP) is 3.24. The monoisotopic (exact) mass is 380 g/mol. The van der Waals surface area contributed by atoms with Crippen molar-refractivity contribution in [2.24, 2.45) is 7.05 Å². The van der Waals surface area contributed by atoms with Crippen LogP contribution in [0, 0.1) is 6.92 Å². The summed E-state index contributed by atoms with van der Waals surface area (Å²) < 4.78 is 7.70. The average Bonchev–Trinajstić information content (AvgIpc) is 3.06. The largest absolute Gasteiger partial charge is 0.493 e. The Bertz CT molecular complexity index is 936. The maximum Gasteiger partial charge on any atom is 0.227 e. The molecular weight excluding hydrogens is 352 g/mol. The van der Waals surface area contributed by atoms with Gasteiger partial charge in [0.05, 0.1) is 23.7 Å². The summed E-state index contributed by atoms with van der Waals surface area (Å²) in [4.78, 5) is 11.1. The van der Waals surface area contributed by atoms with Crippen molar-refractivity contribution in [2.75, 3.05) is 30.8 Å². The van der Waals surface area contributed by atoms with Gasteiger partial charge in [-0.1, -0.05) is 25.1 Å². The molecule has 3 rings (SSSR count). The first-order chi connectivity index (χ1) is 13.5. The summed E-state index contributed by atoms with van der Waals surface area (Å²) in [6, 6.07) is 11.9. The van der Waals surface area contributed by atoms with E-state index in [0.717, 1.165) is 47.8 Å². The maximum atomic E-state index is 6.04. The SMILES string of the molecule is CCc1cc(-c2cc(N)nc(N(C)CCCOc3ccccc3C)n2)n(C)n1. The van der Waals surface area contributed by atoms with Gasteiger partial charge in [-0.25, -0.2) is 4.98 Å². The lowest BCUT2D eigenvalue weighted by atomic mass is 10.2. The number of hydrogen-bond donors (Lipinski definition) is 1. The number of aryl methyl sites for hydroxylation is 3. The van der Waals surface area contributed by atoms with Crippen LogP contribution in [0.3, 0.4) is 0 Å². The smallest absolute Gasteiger partial charge is 0.227 e. The number of nitrogens with zero attached hydrogens (tertiary/aromatic N) is 5. The molecule has 148 valence electrons. The van der Waals surface area contributed by atoms with E-state index in [9.17, 15) is 0 Å². The van der Waals surface area contributed by atoms with Gasteiger partial charge in [0, 0.05) is 26.7 Å². The Morgan fingerprint density at radius 3 is 2.68 bits per heavy atom. The molecular formula is C21H28N6O. The van der Waals surface area contributed by atoms with E-state index in [-0.39, 0.29) is 0 Å². The van der Waals surface area contributed by atoms with E-state index in [0.29, 0.717) is 18.4 Å². The van der Waals surface area contributed by atoms with E-state index in [1.165, 1.54) is 0 Å². The van der Waals surface area contributed by atoms with Gasteiger partial charge < -0.3 is 15.4 Å². The number of para-hydroxylation sites is 1. The van der Waals surface area contributed by atoms with Crippen molar-refractivity contribution in [3.8, 4) is 17.1 Å². The van der Waals surface area contributed by atoms with Crippen molar-refractivity contribution >= 4 is 11.8 Å². The molecule has 0 fully saturated rings. The van der Waals surface area contributed by atoms with E-state index < -0.39 is 0 Å². The molecule has 7 heteroatoms. The lowest BCUT2D eigenvalue weighted by Gasteiger charge is -2.18. The molecule has 7 nitrogen and oxygen atoms in total. The molecule has 2 N–H and O–H groups in total. The average molecular weight is 380 g/mol. The highest BCUT2D eigenvalue weighted by molar-refractivity contribution is 5.61. The maximum absolute atomic E-state index is 6.04. The zero-order valence-electron chi connectivity index (χ0n) is 17.0. The van der Waals surface area contributed by atoms with Gasteiger partial charge in [0.15, 0.2) is 0 Å². The summed E-state index contributed by atoms with van der Waals surface area (Å²) in [5.74, 6) is 1.97. The number of aromatic nitrogens is 4. The molecule has 0 aliphatic rings. The fourth-order valence-corrected chi connectivity index (χ4v) is 3.00. The second-order valence-electron chi connectivity index (χ2n) is 6.87. The molecule has 2 heterocycles. The van der Waals surface area contributed by atoms with Crippen molar-refractivity contribution in [1.29, 1.82) is 0 Å². The summed E-state index contributed by atoms with van der Waals surface area (Å²) in [6.07, 6.45) is 1.73. The Kier molecular flexibility index (Phi) is 6.13. The van der Waals surface area contributed by atoms with Crippen molar-refractivity contribution in [2.45, 2.75) is 26.7 Å². The van der Waals surface area contributed by atoms with Crippen LogP contribution in [0.4, 0.5) is 11.8 Å². The van der Waals surface area contributed by atoms with Crippen LogP contribution < -0.4 is 15.4 Å². The van der Waals surface area contributed by atoms with Gasteiger partial charge in [-0.3, -0.25) is 4.68 Å².